The fourth-order valence-electron chi connectivity index (χ4n) is 4.38. The minimum absolute atomic E-state index is 0.0760. The number of aryl methyl sites for hydroxylation is 1. The van der Waals surface area contributed by atoms with Gasteiger partial charge in [-0.05, 0) is 37.1 Å². The van der Waals surface area contributed by atoms with Crippen molar-refractivity contribution in [3.8, 4) is 17.1 Å². The van der Waals surface area contributed by atoms with Crippen LogP contribution in [0.1, 0.15) is 35.6 Å². The second kappa shape index (κ2) is 6.39. The molecule has 9 nitrogen and oxygen atoms in total. The first-order valence-electron chi connectivity index (χ1n) is 9.82. The summed E-state index contributed by atoms with van der Waals surface area (Å²) in [6, 6.07) is 6.89. The van der Waals surface area contributed by atoms with Gasteiger partial charge in [-0.3, -0.25) is 4.79 Å². The number of hydrogen-bond acceptors (Lipinski definition) is 7. The Morgan fingerprint density at radius 2 is 2.13 bits per heavy atom. The van der Waals surface area contributed by atoms with E-state index in [0.717, 1.165) is 11.1 Å². The van der Waals surface area contributed by atoms with Crippen molar-refractivity contribution in [2.75, 3.05) is 0 Å². The van der Waals surface area contributed by atoms with Gasteiger partial charge in [0.25, 0.3) is 5.56 Å². The Bertz CT molecular complexity index is 1380. The van der Waals surface area contributed by atoms with Crippen LogP contribution in [-0.2, 0) is 28.3 Å². The Balaban J connectivity index is 1.77. The fraction of sp³-hybridized carbons (Fsp3) is 0.273. The number of hydrogen-bond donors (Lipinski definition) is 2. The van der Waals surface area contributed by atoms with E-state index in [2.05, 4.69) is 0 Å². The number of aromatic nitrogens is 2. The number of primary amides is 1. The number of carbonyl (C=O) groups excluding carboxylic acids is 2. The van der Waals surface area contributed by atoms with Crippen LogP contribution in [0.5, 0.6) is 5.75 Å². The maximum absolute atomic E-state index is 13.2. The number of ether oxygens (including phenoxy) is 2. The number of esters is 1. The second-order valence-corrected chi connectivity index (χ2v) is 7.80. The summed E-state index contributed by atoms with van der Waals surface area (Å²) < 4.78 is 11.8. The zero-order chi connectivity index (χ0) is 22.1. The van der Waals surface area contributed by atoms with Gasteiger partial charge in [0.1, 0.15) is 12.4 Å². The Morgan fingerprint density at radius 1 is 1.35 bits per heavy atom. The molecule has 0 bridgehead atoms. The number of pyridine rings is 2. The number of aliphatic hydroxyl groups is 1. The number of benzene rings is 1. The van der Waals surface area contributed by atoms with E-state index in [-0.39, 0.29) is 42.0 Å². The largest absolute Gasteiger partial charge is 0.458 e. The molecule has 0 saturated carbocycles. The van der Waals surface area contributed by atoms with Crippen LogP contribution in [0.15, 0.2) is 29.1 Å². The Labute approximate surface area is 176 Å². The van der Waals surface area contributed by atoms with Crippen LogP contribution < -0.4 is 16.0 Å². The second-order valence-electron chi connectivity index (χ2n) is 7.80. The highest BCUT2D eigenvalue weighted by Crippen LogP contribution is 2.40. The number of nitrogens with two attached hydrogens (primary N) is 1. The van der Waals surface area contributed by atoms with Crippen molar-refractivity contribution in [2.24, 2.45) is 5.73 Å². The summed E-state index contributed by atoms with van der Waals surface area (Å²) in [6.07, 6.45) is -0.853. The molecule has 3 aromatic rings. The third-order valence-electron chi connectivity index (χ3n) is 6.05. The van der Waals surface area contributed by atoms with E-state index in [0.29, 0.717) is 22.3 Å². The number of carbonyl (C=O) groups is 2. The van der Waals surface area contributed by atoms with E-state index in [1.165, 1.54) is 0 Å². The smallest absolute Gasteiger partial charge is 0.409 e. The van der Waals surface area contributed by atoms with Crippen LogP contribution in [-0.4, -0.2) is 26.7 Å². The van der Waals surface area contributed by atoms with Gasteiger partial charge in [0.05, 0.1) is 29.0 Å². The molecule has 1 amide bonds. The third-order valence-corrected chi connectivity index (χ3v) is 6.05. The first-order chi connectivity index (χ1) is 14.7. The van der Waals surface area contributed by atoms with Gasteiger partial charge in [-0.15, -0.1) is 0 Å². The van der Waals surface area contributed by atoms with Gasteiger partial charge in [-0.25, -0.2) is 14.6 Å². The van der Waals surface area contributed by atoms with Crippen LogP contribution in [0.3, 0.4) is 0 Å². The summed E-state index contributed by atoms with van der Waals surface area (Å²) in [5, 5.41) is 11.5. The quantitative estimate of drug-likeness (QED) is 0.472. The highest BCUT2D eigenvalue weighted by molar-refractivity contribution is 5.93. The standard InChI is InChI=1S/C22H19N3O6/c1-3-22(29)14-7-15-18-11(8-25(15)19(26)13(14)9-30-20(22)27)6-12-16(31-21(23)28)5-4-10(2)17(12)24-18/h4-7,29H,3,8-9H2,1-2H3,(H2,23,28). The molecular weight excluding hydrogens is 402 g/mol. The molecule has 31 heavy (non-hydrogen) atoms. The van der Waals surface area contributed by atoms with E-state index in [1.807, 2.05) is 13.0 Å². The molecule has 2 aliphatic rings. The lowest BCUT2D eigenvalue weighted by molar-refractivity contribution is -0.172. The highest BCUT2D eigenvalue weighted by Gasteiger charge is 2.45. The molecule has 1 unspecified atom stereocenters. The van der Waals surface area contributed by atoms with Gasteiger partial charge < -0.3 is 24.9 Å². The summed E-state index contributed by atoms with van der Waals surface area (Å²) >= 11 is 0. The van der Waals surface area contributed by atoms with E-state index < -0.39 is 17.7 Å². The monoisotopic (exact) mass is 421 g/mol. The molecule has 0 saturated heterocycles. The van der Waals surface area contributed by atoms with E-state index >= 15 is 0 Å². The number of cyclic esters (lactones) is 1. The molecule has 0 fully saturated rings. The average Bonchev–Trinajstić information content (AvgIpc) is 3.10. The zero-order valence-corrected chi connectivity index (χ0v) is 16.9. The zero-order valence-electron chi connectivity index (χ0n) is 16.9. The van der Waals surface area contributed by atoms with Gasteiger partial charge in [0.2, 0.25) is 0 Å². The molecule has 1 aromatic carbocycles. The summed E-state index contributed by atoms with van der Waals surface area (Å²) in [5.74, 6) is -0.481. The lowest BCUT2D eigenvalue weighted by Gasteiger charge is -2.31. The van der Waals surface area contributed by atoms with Crippen LogP contribution >= 0.6 is 0 Å². The molecule has 3 N–H and O–H groups in total. The number of amides is 1. The Morgan fingerprint density at radius 3 is 2.84 bits per heavy atom. The SMILES string of the molecule is CCC1(O)C(=O)OCc2c1cc1n(c2=O)Cc2cc3c(OC(N)=O)ccc(C)c3nc2-1. The van der Waals surface area contributed by atoms with Gasteiger partial charge >= 0.3 is 12.1 Å². The van der Waals surface area contributed by atoms with Gasteiger partial charge in [0, 0.05) is 16.5 Å². The summed E-state index contributed by atoms with van der Waals surface area (Å²) in [6.45, 7) is 3.60. The molecule has 158 valence electrons. The number of fused-ring (bicyclic) bond motifs is 5. The van der Waals surface area contributed by atoms with Crippen molar-refractivity contribution in [1.82, 2.24) is 9.55 Å². The van der Waals surface area contributed by atoms with Crippen molar-refractivity contribution >= 4 is 23.0 Å². The van der Waals surface area contributed by atoms with Gasteiger partial charge in [-0.1, -0.05) is 13.0 Å². The Kier molecular flexibility index (Phi) is 3.97. The third kappa shape index (κ3) is 2.59. The van der Waals surface area contributed by atoms with Crippen molar-refractivity contribution < 1.29 is 24.2 Å². The van der Waals surface area contributed by atoms with Crippen molar-refractivity contribution in [3.63, 3.8) is 0 Å². The molecule has 0 spiro atoms. The van der Waals surface area contributed by atoms with Gasteiger partial charge in [0.15, 0.2) is 5.60 Å². The topological polar surface area (TPSA) is 134 Å². The number of rotatable bonds is 2. The van der Waals surface area contributed by atoms with Crippen molar-refractivity contribution in [1.29, 1.82) is 0 Å². The normalized spacial score (nSPS) is 18.9. The molecule has 0 aliphatic carbocycles. The molecular formula is C22H19N3O6. The summed E-state index contributed by atoms with van der Waals surface area (Å²) in [4.78, 5) is 41.5. The first-order valence-corrected chi connectivity index (χ1v) is 9.82. The van der Waals surface area contributed by atoms with Crippen LogP contribution in [0.4, 0.5) is 4.79 Å². The van der Waals surface area contributed by atoms with Crippen LogP contribution in [0.2, 0.25) is 0 Å². The minimum atomic E-state index is -1.87. The van der Waals surface area contributed by atoms with Crippen LogP contribution in [0.25, 0.3) is 22.3 Å². The predicted octanol–water partition coefficient (Wildman–Crippen LogP) is 1.85. The summed E-state index contributed by atoms with van der Waals surface area (Å²) in [5.41, 5.74) is 6.79. The van der Waals surface area contributed by atoms with Crippen LogP contribution in [0, 0.1) is 6.92 Å². The predicted molar refractivity (Wildman–Crippen MR) is 109 cm³/mol. The van der Waals surface area contributed by atoms with E-state index in [9.17, 15) is 19.5 Å². The minimum Gasteiger partial charge on any atom is -0.458 e. The molecule has 4 heterocycles. The molecule has 2 aliphatic heterocycles. The maximum atomic E-state index is 13.2. The Hall–Kier alpha value is -3.72. The molecule has 2 aromatic heterocycles. The van der Waals surface area contributed by atoms with E-state index in [4.69, 9.17) is 20.2 Å². The van der Waals surface area contributed by atoms with Crippen molar-refractivity contribution in [3.05, 3.63) is 56.9 Å². The molecule has 0 radical (unpaired) electrons. The first kappa shape index (κ1) is 19.3. The molecule has 1 atom stereocenters. The highest BCUT2D eigenvalue weighted by atomic mass is 16.6. The average molecular weight is 421 g/mol. The lowest BCUT2D eigenvalue weighted by atomic mass is 9.86. The lowest BCUT2D eigenvalue weighted by Crippen LogP contribution is -2.44. The fourth-order valence-corrected chi connectivity index (χ4v) is 4.38. The molecule has 9 heteroatoms. The van der Waals surface area contributed by atoms with Gasteiger partial charge in [-0.2, -0.15) is 0 Å². The van der Waals surface area contributed by atoms with E-state index in [1.54, 1.807) is 29.7 Å². The number of nitrogens with zero attached hydrogens (tertiary/aromatic N) is 2. The molecule has 5 rings (SSSR count). The maximum Gasteiger partial charge on any atom is 0.409 e. The van der Waals surface area contributed by atoms with Crippen molar-refractivity contribution in [2.45, 2.75) is 39.0 Å². The summed E-state index contributed by atoms with van der Waals surface area (Å²) in [7, 11) is 0.